The summed E-state index contributed by atoms with van der Waals surface area (Å²) in [7, 11) is 0. The van der Waals surface area contributed by atoms with Crippen LogP contribution in [-0.2, 0) is 12.8 Å². The first-order valence-corrected chi connectivity index (χ1v) is 9.54. The number of carbonyl (C=O) groups is 1. The van der Waals surface area contributed by atoms with E-state index >= 15 is 0 Å². The average molecular weight is 358 g/mol. The number of carbonyl (C=O) groups excluding carboxylic acids is 1. The lowest BCUT2D eigenvalue weighted by molar-refractivity contribution is 0.0929. The molecule has 0 radical (unpaired) electrons. The third-order valence-electron chi connectivity index (χ3n) is 4.01. The number of hydrogen-bond donors (Lipinski definition) is 1. The standard InChI is InChI=1S/C16H24BrNOS/c1-11(2)13(8-9-17)18-16(19)15-10-12-6-4-3-5-7-14(12)20-15/h10-11,13H,3-9H2,1-2H3,(H,18,19). The summed E-state index contributed by atoms with van der Waals surface area (Å²) in [6.45, 7) is 4.33. The zero-order chi connectivity index (χ0) is 14.5. The molecular formula is C16H24BrNOS. The highest BCUT2D eigenvalue weighted by Gasteiger charge is 2.20. The van der Waals surface area contributed by atoms with Crippen molar-refractivity contribution in [1.82, 2.24) is 5.32 Å². The van der Waals surface area contributed by atoms with Crippen LogP contribution in [0.1, 0.15) is 59.6 Å². The van der Waals surface area contributed by atoms with E-state index in [2.05, 4.69) is 41.2 Å². The molecule has 20 heavy (non-hydrogen) atoms. The molecule has 1 amide bonds. The predicted octanol–water partition coefficient (Wildman–Crippen LogP) is 4.56. The van der Waals surface area contributed by atoms with Gasteiger partial charge in [-0.05, 0) is 49.7 Å². The van der Waals surface area contributed by atoms with Crippen LogP contribution in [0, 0.1) is 5.92 Å². The Morgan fingerprint density at radius 2 is 2.10 bits per heavy atom. The van der Waals surface area contributed by atoms with Crippen LogP contribution >= 0.6 is 27.3 Å². The minimum absolute atomic E-state index is 0.114. The van der Waals surface area contributed by atoms with Gasteiger partial charge in [0.15, 0.2) is 0 Å². The fourth-order valence-corrected chi connectivity index (χ4v) is 4.36. The lowest BCUT2D eigenvalue weighted by atomic mass is 10.0. The van der Waals surface area contributed by atoms with E-state index in [4.69, 9.17) is 0 Å². The molecule has 1 aromatic rings. The maximum atomic E-state index is 12.4. The molecule has 0 saturated heterocycles. The van der Waals surface area contributed by atoms with E-state index < -0.39 is 0 Å². The van der Waals surface area contributed by atoms with Crippen molar-refractivity contribution in [3.05, 3.63) is 21.4 Å². The molecule has 1 N–H and O–H groups in total. The molecule has 112 valence electrons. The fraction of sp³-hybridized carbons (Fsp3) is 0.688. The first-order chi connectivity index (χ1) is 9.61. The van der Waals surface area contributed by atoms with Crippen molar-refractivity contribution in [2.75, 3.05) is 5.33 Å². The van der Waals surface area contributed by atoms with Crippen molar-refractivity contribution in [3.8, 4) is 0 Å². The van der Waals surface area contributed by atoms with Gasteiger partial charge in [-0.1, -0.05) is 36.2 Å². The van der Waals surface area contributed by atoms with Crippen molar-refractivity contribution in [2.45, 2.75) is 58.4 Å². The molecule has 4 heteroatoms. The topological polar surface area (TPSA) is 29.1 Å². The van der Waals surface area contributed by atoms with Crippen LogP contribution in [0.15, 0.2) is 6.07 Å². The zero-order valence-electron chi connectivity index (χ0n) is 12.4. The SMILES string of the molecule is CC(C)C(CCBr)NC(=O)c1cc2c(s1)CCCCC2. The lowest BCUT2D eigenvalue weighted by Crippen LogP contribution is -2.38. The highest BCUT2D eigenvalue weighted by Crippen LogP contribution is 2.29. The van der Waals surface area contributed by atoms with Gasteiger partial charge >= 0.3 is 0 Å². The average Bonchev–Trinajstić information content (AvgIpc) is 2.69. The molecule has 1 heterocycles. The van der Waals surface area contributed by atoms with E-state index in [1.165, 1.54) is 29.7 Å². The Hall–Kier alpha value is -0.350. The van der Waals surface area contributed by atoms with E-state index in [0.717, 1.165) is 29.5 Å². The van der Waals surface area contributed by atoms with Crippen LogP contribution in [-0.4, -0.2) is 17.3 Å². The van der Waals surface area contributed by atoms with E-state index in [1.807, 2.05) is 0 Å². The van der Waals surface area contributed by atoms with Crippen LogP contribution in [0.4, 0.5) is 0 Å². The first kappa shape index (κ1) is 16.0. The monoisotopic (exact) mass is 357 g/mol. The van der Waals surface area contributed by atoms with Gasteiger partial charge in [0.1, 0.15) is 0 Å². The molecule has 1 unspecified atom stereocenters. The third-order valence-corrected chi connectivity index (χ3v) is 5.71. The molecule has 0 saturated carbocycles. The second-order valence-corrected chi connectivity index (χ2v) is 7.85. The van der Waals surface area contributed by atoms with Gasteiger partial charge in [0.05, 0.1) is 4.88 Å². The fourth-order valence-electron chi connectivity index (χ4n) is 2.71. The van der Waals surface area contributed by atoms with Crippen molar-refractivity contribution in [2.24, 2.45) is 5.92 Å². The van der Waals surface area contributed by atoms with E-state index in [1.54, 1.807) is 11.3 Å². The van der Waals surface area contributed by atoms with Gasteiger partial charge in [0, 0.05) is 16.2 Å². The lowest BCUT2D eigenvalue weighted by Gasteiger charge is -2.21. The largest absolute Gasteiger partial charge is 0.348 e. The van der Waals surface area contributed by atoms with E-state index in [-0.39, 0.29) is 11.9 Å². The Morgan fingerprint density at radius 3 is 2.80 bits per heavy atom. The summed E-state index contributed by atoms with van der Waals surface area (Å²) in [6, 6.07) is 2.38. The molecule has 0 aliphatic heterocycles. The number of thiophene rings is 1. The number of alkyl halides is 1. The van der Waals surface area contributed by atoms with Crippen LogP contribution in [0.2, 0.25) is 0 Å². The van der Waals surface area contributed by atoms with Crippen LogP contribution < -0.4 is 5.32 Å². The minimum Gasteiger partial charge on any atom is -0.348 e. The number of fused-ring (bicyclic) bond motifs is 1. The summed E-state index contributed by atoms with van der Waals surface area (Å²) in [5.41, 5.74) is 1.42. The Morgan fingerprint density at radius 1 is 1.35 bits per heavy atom. The number of hydrogen-bond acceptors (Lipinski definition) is 2. The van der Waals surface area contributed by atoms with E-state index in [0.29, 0.717) is 5.92 Å². The van der Waals surface area contributed by atoms with Gasteiger partial charge in [-0.15, -0.1) is 11.3 Å². The number of nitrogens with one attached hydrogen (secondary N) is 1. The molecule has 0 bridgehead atoms. The smallest absolute Gasteiger partial charge is 0.261 e. The molecular weight excluding hydrogens is 334 g/mol. The summed E-state index contributed by atoms with van der Waals surface area (Å²) in [5, 5.41) is 4.13. The maximum Gasteiger partial charge on any atom is 0.261 e. The molecule has 1 atom stereocenters. The van der Waals surface area contributed by atoms with Crippen LogP contribution in [0.25, 0.3) is 0 Å². The second kappa shape index (κ2) is 7.60. The minimum atomic E-state index is 0.114. The molecule has 2 rings (SSSR count). The molecule has 1 aromatic heterocycles. The predicted molar refractivity (Wildman–Crippen MR) is 90.1 cm³/mol. The number of aryl methyl sites for hydroxylation is 2. The quantitative estimate of drug-likeness (QED) is 0.607. The Bertz CT molecular complexity index is 432. The summed E-state index contributed by atoms with van der Waals surface area (Å²) < 4.78 is 0. The first-order valence-electron chi connectivity index (χ1n) is 7.60. The van der Waals surface area contributed by atoms with Gasteiger partial charge in [-0.3, -0.25) is 4.79 Å². The van der Waals surface area contributed by atoms with Gasteiger partial charge in [-0.2, -0.15) is 0 Å². The molecule has 0 aromatic carbocycles. The number of amides is 1. The van der Waals surface area contributed by atoms with Gasteiger partial charge < -0.3 is 5.32 Å². The Labute approximate surface area is 134 Å². The molecule has 0 fully saturated rings. The van der Waals surface area contributed by atoms with Crippen molar-refractivity contribution >= 4 is 33.2 Å². The number of halogens is 1. The summed E-state index contributed by atoms with van der Waals surface area (Å²) in [4.78, 5) is 14.8. The Kier molecular flexibility index (Phi) is 6.09. The zero-order valence-corrected chi connectivity index (χ0v) is 14.8. The highest BCUT2D eigenvalue weighted by molar-refractivity contribution is 9.09. The van der Waals surface area contributed by atoms with Crippen LogP contribution in [0.5, 0.6) is 0 Å². The van der Waals surface area contributed by atoms with Gasteiger partial charge in [0.2, 0.25) is 0 Å². The molecule has 0 spiro atoms. The third kappa shape index (κ3) is 4.08. The normalized spacial score (nSPS) is 16.6. The molecule has 2 nitrogen and oxygen atoms in total. The molecule has 1 aliphatic carbocycles. The maximum absolute atomic E-state index is 12.4. The van der Waals surface area contributed by atoms with Crippen molar-refractivity contribution < 1.29 is 4.79 Å². The van der Waals surface area contributed by atoms with Crippen molar-refractivity contribution in [3.63, 3.8) is 0 Å². The second-order valence-electron chi connectivity index (χ2n) is 5.92. The van der Waals surface area contributed by atoms with Crippen molar-refractivity contribution in [1.29, 1.82) is 0 Å². The summed E-state index contributed by atoms with van der Waals surface area (Å²) >= 11 is 5.18. The van der Waals surface area contributed by atoms with Gasteiger partial charge in [0.25, 0.3) is 5.91 Å². The summed E-state index contributed by atoms with van der Waals surface area (Å²) in [5.74, 6) is 0.581. The van der Waals surface area contributed by atoms with Crippen LogP contribution in [0.3, 0.4) is 0 Å². The summed E-state index contributed by atoms with van der Waals surface area (Å²) in [6.07, 6.45) is 7.14. The number of rotatable bonds is 5. The highest BCUT2D eigenvalue weighted by atomic mass is 79.9. The molecule has 1 aliphatic rings. The van der Waals surface area contributed by atoms with E-state index in [9.17, 15) is 4.79 Å². The van der Waals surface area contributed by atoms with Gasteiger partial charge in [-0.25, -0.2) is 0 Å². The Balaban J connectivity index is 2.05.